The van der Waals surface area contributed by atoms with Gasteiger partial charge in [-0.05, 0) is 38.0 Å². The van der Waals surface area contributed by atoms with E-state index in [1.165, 1.54) is 57.8 Å². The zero-order chi connectivity index (χ0) is 13.5. The van der Waals surface area contributed by atoms with Crippen molar-refractivity contribution in [2.45, 2.75) is 84.5 Å². The zero-order valence-electron chi connectivity index (χ0n) is 12.5. The van der Waals surface area contributed by atoms with Crippen molar-refractivity contribution in [2.24, 2.45) is 5.92 Å². The molecule has 0 saturated carbocycles. The molecule has 0 aromatic rings. The van der Waals surface area contributed by atoms with Crippen molar-refractivity contribution < 1.29 is 4.79 Å². The van der Waals surface area contributed by atoms with Crippen molar-refractivity contribution in [1.29, 1.82) is 0 Å². The van der Waals surface area contributed by atoms with Gasteiger partial charge in [0.05, 0.1) is 0 Å². The van der Waals surface area contributed by atoms with Gasteiger partial charge < -0.3 is 4.79 Å². The minimum absolute atomic E-state index is 0.742. The van der Waals surface area contributed by atoms with Crippen LogP contribution in [0.4, 0.5) is 0 Å². The van der Waals surface area contributed by atoms with Gasteiger partial charge in [-0.2, -0.15) is 0 Å². The van der Waals surface area contributed by atoms with Crippen molar-refractivity contribution >= 4 is 6.29 Å². The average molecular weight is 252 g/mol. The topological polar surface area (TPSA) is 17.1 Å². The van der Waals surface area contributed by atoms with Crippen molar-refractivity contribution in [3.63, 3.8) is 0 Å². The number of carbonyl (C=O) groups excluding carboxylic acids is 1. The van der Waals surface area contributed by atoms with Crippen LogP contribution in [0.1, 0.15) is 84.5 Å². The molecule has 0 spiro atoms. The van der Waals surface area contributed by atoms with Crippen LogP contribution in [0.5, 0.6) is 0 Å². The molecule has 1 heteroatoms. The largest absolute Gasteiger partial charge is 0.303 e. The summed E-state index contributed by atoms with van der Waals surface area (Å²) >= 11 is 0. The van der Waals surface area contributed by atoms with Crippen molar-refractivity contribution in [2.75, 3.05) is 0 Å². The summed E-state index contributed by atoms with van der Waals surface area (Å²) in [5, 5.41) is 0. The first-order chi connectivity index (χ1) is 8.81. The SMILES string of the molecule is CC[C@H](C)CCCC/C=C\CCCCCCC=O. The van der Waals surface area contributed by atoms with Gasteiger partial charge in [0.15, 0.2) is 0 Å². The Labute approximate surface area is 114 Å². The Hall–Kier alpha value is -0.590. The summed E-state index contributed by atoms with van der Waals surface area (Å²) in [5.74, 6) is 0.903. The molecule has 0 fully saturated rings. The quantitative estimate of drug-likeness (QED) is 0.234. The summed E-state index contributed by atoms with van der Waals surface area (Å²) in [5.41, 5.74) is 0. The summed E-state index contributed by atoms with van der Waals surface area (Å²) < 4.78 is 0. The van der Waals surface area contributed by atoms with Gasteiger partial charge >= 0.3 is 0 Å². The van der Waals surface area contributed by atoms with Crippen molar-refractivity contribution in [1.82, 2.24) is 0 Å². The molecule has 0 heterocycles. The van der Waals surface area contributed by atoms with E-state index in [1.54, 1.807) is 0 Å². The van der Waals surface area contributed by atoms with E-state index in [0.717, 1.165) is 25.0 Å². The van der Waals surface area contributed by atoms with E-state index in [-0.39, 0.29) is 0 Å². The zero-order valence-corrected chi connectivity index (χ0v) is 12.5. The van der Waals surface area contributed by atoms with Crippen LogP contribution in [0.3, 0.4) is 0 Å². The first-order valence-electron chi connectivity index (χ1n) is 7.89. The number of hydrogen-bond donors (Lipinski definition) is 0. The van der Waals surface area contributed by atoms with Crippen LogP contribution >= 0.6 is 0 Å². The highest BCUT2D eigenvalue weighted by molar-refractivity contribution is 5.48. The van der Waals surface area contributed by atoms with E-state index >= 15 is 0 Å². The number of hydrogen-bond acceptors (Lipinski definition) is 1. The Bertz CT molecular complexity index is 196. The van der Waals surface area contributed by atoms with E-state index in [4.69, 9.17) is 0 Å². The predicted octanol–water partition coefficient (Wildman–Crippen LogP) is 5.69. The lowest BCUT2D eigenvalue weighted by atomic mass is 10.0. The number of allylic oxidation sites excluding steroid dienone is 2. The van der Waals surface area contributed by atoms with Crippen LogP contribution in [0.15, 0.2) is 12.2 Å². The van der Waals surface area contributed by atoms with Crippen LogP contribution < -0.4 is 0 Å². The second kappa shape index (κ2) is 14.5. The third-order valence-corrected chi connectivity index (χ3v) is 3.62. The molecular weight excluding hydrogens is 220 g/mol. The Morgan fingerprint density at radius 2 is 1.39 bits per heavy atom. The van der Waals surface area contributed by atoms with Gasteiger partial charge in [-0.3, -0.25) is 0 Å². The van der Waals surface area contributed by atoms with Crippen molar-refractivity contribution in [3.8, 4) is 0 Å². The average Bonchev–Trinajstić information content (AvgIpc) is 2.39. The lowest BCUT2D eigenvalue weighted by Crippen LogP contribution is -1.90. The normalized spacial score (nSPS) is 13.0. The van der Waals surface area contributed by atoms with E-state index < -0.39 is 0 Å². The van der Waals surface area contributed by atoms with Gasteiger partial charge in [0.2, 0.25) is 0 Å². The first kappa shape index (κ1) is 17.4. The number of unbranched alkanes of at least 4 members (excludes halogenated alkanes) is 7. The van der Waals surface area contributed by atoms with Crippen molar-refractivity contribution in [3.05, 3.63) is 12.2 Å². The predicted molar refractivity (Wildman–Crippen MR) is 80.8 cm³/mol. The Morgan fingerprint density at radius 3 is 1.94 bits per heavy atom. The number of carbonyl (C=O) groups is 1. The summed E-state index contributed by atoms with van der Waals surface area (Å²) in [6.07, 6.45) is 19.2. The third-order valence-electron chi connectivity index (χ3n) is 3.62. The third kappa shape index (κ3) is 13.5. The standard InChI is InChI=1S/C17H32O/c1-3-17(2)15-13-11-9-7-5-4-6-8-10-12-14-16-18/h5,7,16-17H,3-4,6,8-15H2,1-2H3/b7-5-/t17-/m0/s1. The fraction of sp³-hybridized carbons (Fsp3) is 0.824. The highest BCUT2D eigenvalue weighted by atomic mass is 16.1. The van der Waals surface area contributed by atoms with Gasteiger partial charge in [-0.25, -0.2) is 0 Å². The Kier molecular flexibility index (Phi) is 14.0. The molecule has 1 atom stereocenters. The summed E-state index contributed by atoms with van der Waals surface area (Å²) in [6.45, 7) is 4.63. The molecular formula is C17H32O. The van der Waals surface area contributed by atoms with E-state index in [0.29, 0.717) is 0 Å². The molecule has 0 unspecified atom stereocenters. The van der Waals surface area contributed by atoms with E-state index in [1.807, 2.05) is 0 Å². The molecule has 106 valence electrons. The molecule has 0 aromatic carbocycles. The molecule has 0 saturated heterocycles. The first-order valence-corrected chi connectivity index (χ1v) is 7.89. The molecule has 0 aromatic heterocycles. The maximum absolute atomic E-state index is 10.1. The molecule has 0 bridgehead atoms. The van der Waals surface area contributed by atoms with E-state index in [2.05, 4.69) is 26.0 Å². The number of rotatable bonds is 13. The van der Waals surface area contributed by atoms with Crippen LogP contribution in [0, 0.1) is 5.92 Å². The fourth-order valence-corrected chi connectivity index (χ4v) is 2.04. The molecule has 0 radical (unpaired) electrons. The van der Waals surface area contributed by atoms with Crippen LogP contribution in [-0.4, -0.2) is 6.29 Å². The molecule has 0 aliphatic rings. The van der Waals surface area contributed by atoms with Crippen LogP contribution in [-0.2, 0) is 4.79 Å². The molecule has 0 N–H and O–H groups in total. The molecule has 0 aliphatic carbocycles. The number of aldehydes is 1. The van der Waals surface area contributed by atoms with Gasteiger partial charge in [-0.1, -0.05) is 58.1 Å². The van der Waals surface area contributed by atoms with Gasteiger partial charge in [0.25, 0.3) is 0 Å². The monoisotopic (exact) mass is 252 g/mol. The van der Waals surface area contributed by atoms with E-state index in [9.17, 15) is 4.79 Å². The molecule has 0 rings (SSSR count). The minimum Gasteiger partial charge on any atom is -0.303 e. The molecule has 18 heavy (non-hydrogen) atoms. The second-order valence-electron chi connectivity index (χ2n) is 5.43. The lowest BCUT2D eigenvalue weighted by molar-refractivity contribution is -0.107. The smallest absolute Gasteiger partial charge is 0.119 e. The van der Waals surface area contributed by atoms with Gasteiger partial charge in [0, 0.05) is 6.42 Å². The maximum Gasteiger partial charge on any atom is 0.119 e. The van der Waals surface area contributed by atoms with Crippen LogP contribution in [0.2, 0.25) is 0 Å². The maximum atomic E-state index is 10.1. The fourth-order valence-electron chi connectivity index (χ4n) is 2.04. The van der Waals surface area contributed by atoms with Gasteiger partial charge in [0.1, 0.15) is 6.29 Å². The Morgan fingerprint density at radius 1 is 0.833 bits per heavy atom. The summed E-state index contributed by atoms with van der Waals surface area (Å²) in [6, 6.07) is 0. The summed E-state index contributed by atoms with van der Waals surface area (Å²) in [4.78, 5) is 10.1. The minimum atomic E-state index is 0.742. The highest BCUT2D eigenvalue weighted by Crippen LogP contribution is 2.12. The molecule has 0 aliphatic heterocycles. The van der Waals surface area contributed by atoms with Gasteiger partial charge in [-0.15, -0.1) is 0 Å². The summed E-state index contributed by atoms with van der Waals surface area (Å²) in [7, 11) is 0. The molecule has 1 nitrogen and oxygen atoms in total. The molecule has 0 amide bonds. The Balaban J connectivity index is 3.11. The van der Waals surface area contributed by atoms with Crippen LogP contribution in [0.25, 0.3) is 0 Å². The highest BCUT2D eigenvalue weighted by Gasteiger charge is 1.96. The lowest BCUT2D eigenvalue weighted by Gasteiger charge is -2.06. The second-order valence-corrected chi connectivity index (χ2v) is 5.43.